The largest absolute Gasteiger partial charge is 0.365 e. The first-order valence-corrected chi connectivity index (χ1v) is 8.17. The predicted molar refractivity (Wildman–Crippen MR) is 89.3 cm³/mol. The summed E-state index contributed by atoms with van der Waals surface area (Å²) in [6.45, 7) is 0. The Morgan fingerprint density at radius 2 is 1.79 bits per heavy atom. The Bertz CT molecular complexity index is 965. The maximum atomic E-state index is 13.1. The van der Waals surface area contributed by atoms with Gasteiger partial charge in [0.2, 0.25) is 0 Å². The van der Waals surface area contributed by atoms with Crippen molar-refractivity contribution in [3.8, 4) is 21.7 Å². The van der Waals surface area contributed by atoms with Gasteiger partial charge in [-0.2, -0.15) is 0 Å². The molecule has 1 heterocycles. The zero-order valence-corrected chi connectivity index (χ0v) is 13.2. The Hall–Kier alpha value is -2.60. The molecule has 3 nitrogen and oxygen atoms in total. The molecule has 0 atom stereocenters. The third-order valence-corrected chi connectivity index (χ3v) is 5.28. The number of alkyl halides is 2. The van der Waals surface area contributed by atoms with E-state index in [0.29, 0.717) is 5.01 Å². The second-order valence-corrected chi connectivity index (χ2v) is 6.56. The smallest absolute Gasteiger partial charge is 0.282 e. The van der Waals surface area contributed by atoms with Crippen LogP contribution in [0.5, 0.6) is 0 Å². The van der Waals surface area contributed by atoms with Gasteiger partial charge in [-0.25, -0.2) is 13.8 Å². The zero-order valence-electron chi connectivity index (χ0n) is 12.4. The normalized spacial score (nSPS) is 12.3. The van der Waals surface area contributed by atoms with Crippen LogP contribution in [-0.2, 0) is 6.42 Å². The molecule has 1 amide bonds. The van der Waals surface area contributed by atoms with Crippen LogP contribution in [0.4, 0.5) is 8.78 Å². The summed E-state index contributed by atoms with van der Waals surface area (Å²) < 4.78 is 26.3. The van der Waals surface area contributed by atoms with Crippen LogP contribution in [0.25, 0.3) is 21.7 Å². The summed E-state index contributed by atoms with van der Waals surface area (Å²) in [6.07, 6.45) is -2.11. The number of rotatable bonds is 3. The topological polar surface area (TPSA) is 56.0 Å². The fraction of sp³-hybridized carbons (Fsp3) is 0.111. The molecule has 3 aromatic rings. The van der Waals surface area contributed by atoms with E-state index in [0.717, 1.165) is 40.0 Å². The van der Waals surface area contributed by atoms with E-state index in [9.17, 15) is 13.6 Å². The van der Waals surface area contributed by atoms with E-state index in [4.69, 9.17) is 5.73 Å². The van der Waals surface area contributed by atoms with Crippen molar-refractivity contribution in [2.45, 2.75) is 12.8 Å². The maximum Gasteiger partial charge on any atom is 0.282 e. The van der Waals surface area contributed by atoms with Crippen molar-refractivity contribution in [1.29, 1.82) is 0 Å². The first-order valence-electron chi connectivity index (χ1n) is 7.35. The number of hydrogen-bond donors (Lipinski definition) is 1. The van der Waals surface area contributed by atoms with Crippen LogP contribution in [-0.4, -0.2) is 10.9 Å². The monoisotopic (exact) mass is 342 g/mol. The highest BCUT2D eigenvalue weighted by molar-refractivity contribution is 7.17. The number of benzene rings is 2. The molecule has 6 heteroatoms. The molecule has 0 unspecified atom stereocenters. The lowest BCUT2D eigenvalue weighted by Crippen LogP contribution is -2.11. The molecule has 0 fully saturated rings. The lowest BCUT2D eigenvalue weighted by molar-refractivity contribution is 0.0989. The number of hydrogen-bond acceptors (Lipinski definition) is 3. The third-order valence-electron chi connectivity index (χ3n) is 4.17. The van der Waals surface area contributed by atoms with Gasteiger partial charge in [0.05, 0.1) is 0 Å². The van der Waals surface area contributed by atoms with Crippen LogP contribution in [0.1, 0.15) is 32.9 Å². The molecule has 4 rings (SSSR count). The second kappa shape index (κ2) is 5.49. The molecule has 24 heavy (non-hydrogen) atoms. The molecular formula is C18H12F2N2OS. The fourth-order valence-electron chi connectivity index (χ4n) is 3.13. The summed E-state index contributed by atoms with van der Waals surface area (Å²) in [4.78, 5) is 15.3. The van der Waals surface area contributed by atoms with Crippen LogP contribution >= 0.6 is 11.3 Å². The lowest BCUT2D eigenvalue weighted by Gasteiger charge is -2.05. The Balaban J connectivity index is 1.89. The number of nitrogens with zero attached hydrogens (tertiary/aromatic N) is 1. The van der Waals surface area contributed by atoms with Gasteiger partial charge in [0.25, 0.3) is 12.3 Å². The Kier molecular flexibility index (Phi) is 3.42. The molecule has 0 bridgehead atoms. The highest BCUT2D eigenvalue weighted by Gasteiger charge is 2.27. The average molecular weight is 342 g/mol. The summed E-state index contributed by atoms with van der Waals surface area (Å²) in [6, 6.07) is 13.8. The lowest BCUT2D eigenvalue weighted by atomic mass is 10.0. The minimum atomic E-state index is -2.83. The van der Waals surface area contributed by atoms with Gasteiger partial charge in [-0.3, -0.25) is 4.79 Å². The van der Waals surface area contributed by atoms with Gasteiger partial charge >= 0.3 is 0 Å². The maximum absolute atomic E-state index is 13.1. The fourth-order valence-corrected chi connectivity index (χ4v) is 4.11. The van der Waals surface area contributed by atoms with E-state index in [1.807, 2.05) is 36.4 Å². The Labute approximate surface area is 140 Å². The van der Waals surface area contributed by atoms with Gasteiger partial charge < -0.3 is 5.73 Å². The van der Waals surface area contributed by atoms with Crippen LogP contribution in [0.2, 0.25) is 0 Å². The van der Waals surface area contributed by atoms with E-state index >= 15 is 0 Å². The highest BCUT2D eigenvalue weighted by atomic mass is 32.1. The van der Waals surface area contributed by atoms with E-state index in [1.54, 1.807) is 0 Å². The minimum Gasteiger partial charge on any atom is -0.365 e. The standard InChI is InChI=1S/C18H12F2N2OS/c19-16(20)14-15(17(21)23)24-18(22-14)12-7-3-6-11-10-5-2-1-4-9(10)8-13(11)12/h1-7,16H,8H2,(H2,21,23). The number of primary amides is 1. The molecule has 0 saturated carbocycles. The quantitative estimate of drug-likeness (QED) is 0.599. The number of carbonyl (C=O) groups is 1. The molecule has 1 aliphatic rings. The third kappa shape index (κ3) is 2.22. The van der Waals surface area contributed by atoms with Gasteiger partial charge in [-0.05, 0) is 28.7 Å². The van der Waals surface area contributed by atoms with E-state index in [2.05, 4.69) is 11.1 Å². The van der Waals surface area contributed by atoms with Crippen molar-refractivity contribution in [3.63, 3.8) is 0 Å². The SMILES string of the molecule is NC(=O)c1sc(-c2cccc3c2Cc2ccccc2-3)nc1C(F)F. The van der Waals surface area contributed by atoms with Crippen LogP contribution in [0.15, 0.2) is 42.5 Å². The first-order chi connectivity index (χ1) is 11.6. The number of nitrogens with two attached hydrogens (primary N) is 1. The van der Waals surface area contributed by atoms with E-state index < -0.39 is 18.0 Å². The number of fused-ring (bicyclic) bond motifs is 3. The summed E-state index contributed by atoms with van der Waals surface area (Å²) in [5, 5.41) is 0.406. The average Bonchev–Trinajstić information content (AvgIpc) is 3.16. The van der Waals surface area contributed by atoms with Crippen LogP contribution < -0.4 is 5.73 Å². The van der Waals surface area contributed by atoms with Crippen molar-refractivity contribution < 1.29 is 13.6 Å². The van der Waals surface area contributed by atoms with Crippen molar-refractivity contribution in [1.82, 2.24) is 4.98 Å². The van der Waals surface area contributed by atoms with Crippen molar-refractivity contribution in [3.05, 3.63) is 64.2 Å². The summed E-state index contributed by atoms with van der Waals surface area (Å²) in [7, 11) is 0. The molecule has 0 saturated heterocycles. The minimum absolute atomic E-state index is 0.173. The molecule has 2 N–H and O–H groups in total. The van der Waals surface area contributed by atoms with Gasteiger partial charge in [0, 0.05) is 5.56 Å². The van der Waals surface area contributed by atoms with Crippen molar-refractivity contribution in [2.75, 3.05) is 0 Å². The van der Waals surface area contributed by atoms with Gasteiger partial charge in [-0.1, -0.05) is 42.5 Å². The van der Waals surface area contributed by atoms with Crippen LogP contribution in [0.3, 0.4) is 0 Å². The number of thiazole rings is 1. The zero-order chi connectivity index (χ0) is 16.8. The van der Waals surface area contributed by atoms with Crippen molar-refractivity contribution >= 4 is 17.2 Å². The van der Waals surface area contributed by atoms with Gasteiger partial charge in [0.15, 0.2) is 0 Å². The molecule has 0 radical (unpaired) electrons. The summed E-state index contributed by atoms with van der Waals surface area (Å²) in [5.74, 6) is -0.870. The molecule has 120 valence electrons. The number of carbonyl (C=O) groups excluding carboxylic acids is 1. The highest BCUT2D eigenvalue weighted by Crippen LogP contribution is 2.43. The Morgan fingerprint density at radius 1 is 1.08 bits per heavy atom. The molecule has 0 spiro atoms. The van der Waals surface area contributed by atoms with Gasteiger partial charge in [0.1, 0.15) is 15.6 Å². The Morgan fingerprint density at radius 3 is 2.50 bits per heavy atom. The van der Waals surface area contributed by atoms with E-state index in [-0.39, 0.29) is 4.88 Å². The van der Waals surface area contributed by atoms with E-state index in [1.165, 1.54) is 5.56 Å². The number of aromatic nitrogens is 1. The molecule has 0 aliphatic heterocycles. The molecule has 1 aliphatic carbocycles. The predicted octanol–water partition coefficient (Wildman–Crippen LogP) is 4.42. The summed E-state index contributed by atoms with van der Waals surface area (Å²) >= 11 is 0.928. The molecule has 1 aromatic heterocycles. The first kappa shape index (κ1) is 15.0. The van der Waals surface area contributed by atoms with Crippen LogP contribution in [0, 0.1) is 0 Å². The second-order valence-electron chi connectivity index (χ2n) is 5.56. The number of halogens is 2. The van der Waals surface area contributed by atoms with Crippen molar-refractivity contribution in [2.24, 2.45) is 5.73 Å². The van der Waals surface area contributed by atoms with Gasteiger partial charge in [-0.15, -0.1) is 11.3 Å². The molecule has 2 aromatic carbocycles. The number of amides is 1. The summed E-state index contributed by atoms with van der Waals surface area (Å²) in [5.41, 5.74) is 9.94. The molecular weight excluding hydrogens is 330 g/mol.